The number of hydroxylamine groups is 1. The van der Waals surface area contributed by atoms with Crippen LogP contribution in [0.4, 0.5) is 0 Å². The van der Waals surface area contributed by atoms with Crippen molar-refractivity contribution < 1.29 is 12.9 Å². The second kappa shape index (κ2) is 9.06. The van der Waals surface area contributed by atoms with Crippen LogP contribution in [0.2, 0.25) is 0 Å². The first-order valence-electron chi connectivity index (χ1n) is 2.18. The summed E-state index contributed by atoms with van der Waals surface area (Å²) in [6.45, 7) is 5.22. The van der Waals surface area contributed by atoms with E-state index in [2.05, 4.69) is 0 Å². The molecule has 7 heavy (non-hydrogen) atoms. The Morgan fingerprint density at radius 2 is 1.86 bits per heavy atom. The van der Waals surface area contributed by atoms with Gasteiger partial charge in [0.05, 0.1) is 0 Å². The molecule has 1 amide bonds. The van der Waals surface area contributed by atoms with Crippen molar-refractivity contribution in [2.75, 3.05) is 0 Å². The lowest BCUT2D eigenvalue weighted by Gasteiger charge is -1.78. The number of carbonyl (C=O) groups excluding carboxylic acids is 1. The number of amides is 1. The maximum absolute atomic E-state index is 9.45. The van der Waals surface area contributed by atoms with Crippen LogP contribution in [0.15, 0.2) is 0 Å². The predicted molar refractivity (Wildman–Crippen MR) is 31.2 cm³/mol. The number of hydrogen-bond acceptors (Lipinski definition) is 2. The molecule has 0 aromatic rings. The molecule has 2 N–H and O–H groups in total. The Hall–Kier alpha value is -0.570. The highest BCUT2D eigenvalue weighted by atomic mass is 16.5. The number of carbonyl (C=O) groups is 1. The van der Waals surface area contributed by atoms with E-state index in [1.54, 1.807) is 0 Å². The van der Waals surface area contributed by atoms with Gasteiger partial charge >= 0.3 is 0 Å². The van der Waals surface area contributed by atoms with E-state index >= 15 is 0 Å². The SMILES string of the molecule is CC.CC(=O)NO.[HH].[HH]. The Labute approximate surface area is 46.3 Å². The molecule has 0 radical (unpaired) electrons. The van der Waals surface area contributed by atoms with E-state index < -0.39 is 5.91 Å². The van der Waals surface area contributed by atoms with Crippen LogP contribution in [0.1, 0.15) is 23.6 Å². The molecule has 0 bridgehead atoms. The quantitative estimate of drug-likeness (QED) is 0.360. The first-order chi connectivity index (χ1) is 3.27. The number of rotatable bonds is 0. The molecule has 0 aromatic carbocycles. The van der Waals surface area contributed by atoms with Crippen molar-refractivity contribution in [3.8, 4) is 0 Å². The van der Waals surface area contributed by atoms with Crippen molar-refractivity contribution >= 4 is 5.91 Å². The highest BCUT2D eigenvalue weighted by molar-refractivity contribution is 5.71. The molecule has 0 aliphatic heterocycles. The normalized spacial score (nSPS) is 5.71. The second-order valence-corrected chi connectivity index (χ2v) is 0.668. The van der Waals surface area contributed by atoms with E-state index in [1.807, 2.05) is 13.8 Å². The van der Waals surface area contributed by atoms with Crippen LogP contribution in [-0.2, 0) is 4.79 Å². The van der Waals surface area contributed by atoms with Gasteiger partial charge in [-0.15, -0.1) is 0 Å². The first-order valence-corrected chi connectivity index (χ1v) is 2.18. The zero-order valence-corrected chi connectivity index (χ0v) is 4.86. The van der Waals surface area contributed by atoms with Gasteiger partial charge in [-0.05, 0) is 0 Å². The van der Waals surface area contributed by atoms with Gasteiger partial charge in [0.15, 0.2) is 0 Å². The molecule has 48 valence electrons. The Balaban J connectivity index is -0.0000000286. The lowest BCUT2D eigenvalue weighted by atomic mass is 10.8. The van der Waals surface area contributed by atoms with Gasteiger partial charge in [-0.1, -0.05) is 13.8 Å². The Morgan fingerprint density at radius 3 is 1.86 bits per heavy atom. The molecule has 3 nitrogen and oxygen atoms in total. The molecule has 0 aliphatic rings. The molecule has 0 atom stereocenters. The molecular weight excluding hydrogens is 94.0 g/mol. The van der Waals surface area contributed by atoms with E-state index in [0.717, 1.165) is 0 Å². The van der Waals surface area contributed by atoms with Crippen LogP contribution in [0.25, 0.3) is 0 Å². The topological polar surface area (TPSA) is 49.3 Å². The average molecular weight is 109 g/mol. The highest BCUT2D eigenvalue weighted by Crippen LogP contribution is 1.44. The molecule has 0 spiro atoms. The zero-order valence-electron chi connectivity index (χ0n) is 4.86. The number of nitrogens with one attached hydrogen (secondary N) is 1. The van der Waals surface area contributed by atoms with Crippen molar-refractivity contribution in [3.63, 3.8) is 0 Å². The Bertz CT molecular complexity index is 51.8. The van der Waals surface area contributed by atoms with Crippen molar-refractivity contribution in [3.05, 3.63) is 0 Å². The molecule has 0 unspecified atom stereocenters. The summed E-state index contributed by atoms with van der Waals surface area (Å²) in [5.41, 5.74) is 1.39. The summed E-state index contributed by atoms with van der Waals surface area (Å²) >= 11 is 0. The van der Waals surface area contributed by atoms with Gasteiger partial charge < -0.3 is 0 Å². The molecule has 0 saturated heterocycles. The molecule has 0 saturated carbocycles. The van der Waals surface area contributed by atoms with Gasteiger partial charge in [0.1, 0.15) is 0 Å². The summed E-state index contributed by atoms with van der Waals surface area (Å²) in [7, 11) is 0. The largest absolute Gasteiger partial charge is 0.289 e. The summed E-state index contributed by atoms with van der Waals surface area (Å²) in [6, 6.07) is 0. The van der Waals surface area contributed by atoms with Crippen molar-refractivity contribution in [2.45, 2.75) is 20.8 Å². The molecule has 0 heterocycles. The molecule has 0 rings (SSSR count). The minimum Gasteiger partial charge on any atom is -0.289 e. The van der Waals surface area contributed by atoms with E-state index in [-0.39, 0.29) is 2.85 Å². The first kappa shape index (κ1) is 9.66. The zero-order chi connectivity index (χ0) is 6.28. The summed E-state index contributed by atoms with van der Waals surface area (Å²) in [6.07, 6.45) is 0. The summed E-state index contributed by atoms with van der Waals surface area (Å²) in [5.74, 6) is -0.440. The summed E-state index contributed by atoms with van der Waals surface area (Å²) in [4.78, 5) is 9.45. The van der Waals surface area contributed by atoms with Gasteiger partial charge in [-0.3, -0.25) is 10.0 Å². The van der Waals surface area contributed by atoms with Crippen LogP contribution < -0.4 is 5.48 Å². The minimum atomic E-state index is -0.440. The Morgan fingerprint density at radius 1 is 1.71 bits per heavy atom. The van der Waals surface area contributed by atoms with Crippen LogP contribution in [0.5, 0.6) is 0 Å². The van der Waals surface area contributed by atoms with Crippen molar-refractivity contribution in [1.82, 2.24) is 5.48 Å². The number of hydrogen-bond donors (Lipinski definition) is 2. The van der Waals surface area contributed by atoms with Crippen LogP contribution >= 0.6 is 0 Å². The predicted octanol–water partition coefficient (Wildman–Crippen LogP) is 1.03. The highest BCUT2D eigenvalue weighted by Gasteiger charge is 1.74. The molecule has 0 fully saturated rings. The molecule has 0 aromatic heterocycles. The molecular formula is C4H15NO2. The van der Waals surface area contributed by atoms with Crippen LogP contribution in [-0.4, -0.2) is 11.1 Å². The third-order valence-electron chi connectivity index (χ3n) is 0.157. The second-order valence-electron chi connectivity index (χ2n) is 0.668. The fourth-order valence-corrected chi connectivity index (χ4v) is 0. The lowest BCUT2D eigenvalue weighted by molar-refractivity contribution is -0.126. The van der Waals surface area contributed by atoms with Crippen LogP contribution in [0, 0.1) is 0 Å². The van der Waals surface area contributed by atoms with Gasteiger partial charge in [-0.2, -0.15) is 0 Å². The van der Waals surface area contributed by atoms with Gasteiger partial charge in [0.2, 0.25) is 5.91 Å². The average Bonchev–Trinajstić information content (AvgIpc) is 1.73. The smallest absolute Gasteiger partial charge is 0.240 e. The molecule has 3 heteroatoms. The maximum Gasteiger partial charge on any atom is 0.240 e. The van der Waals surface area contributed by atoms with E-state index in [0.29, 0.717) is 0 Å². The minimum absolute atomic E-state index is 0. The lowest BCUT2D eigenvalue weighted by Crippen LogP contribution is -2.12. The third-order valence-corrected chi connectivity index (χ3v) is 0.157. The summed E-state index contributed by atoms with van der Waals surface area (Å²) < 4.78 is 0. The fourth-order valence-electron chi connectivity index (χ4n) is 0. The van der Waals surface area contributed by atoms with E-state index in [9.17, 15) is 4.79 Å². The standard InChI is InChI=1S/C2H5NO2.C2H6.2H2/c1-2(4)3-5;1-2;;/h5H,1H3,(H,3,4);1-2H3;2*1H. The van der Waals surface area contributed by atoms with E-state index in [1.165, 1.54) is 12.4 Å². The van der Waals surface area contributed by atoms with Crippen molar-refractivity contribution in [1.29, 1.82) is 0 Å². The summed E-state index contributed by atoms with van der Waals surface area (Å²) in [5, 5.41) is 7.54. The van der Waals surface area contributed by atoms with E-state index in [4.69, 9.17) is 5.21 Å². The van der Waals surface area contributed by atoms with Crippen molar-refractivity contribution in [2.24, 2.45) is 0 Å². The molecule has 0 aliphatic carbocycles. The maximum atomic E-state index is 9.45. The van der Waals surface area contributed by atoms with Gasteiger partial charge in [0.25, 0.3) is 0 Å². The fraction of sp³-hybridized carbons (Fsp3) is 0.750. The Kier molecular flexibility index (Phi) is 12.5. The van der Waals surface area contributed by atoms with Gasteiger partial charge in [0, 0.05) is 9.78 Å². The van der Waals surface area contributed by atoms with Gasteiger partial charge in [-0.25, -0.2) is 5.48 Å². The monoisotopic (exact) mass is 109 g/mol. The third kappa shape index (κ3) is 31.2. The van der Waals surface area contributed by atoms with Crippen LogP contribution in [0.3, 0.4) is 0 Å².